The van der Waals surface area contributed by atoms with E-state index in [0.717, 1.165) is 25.4 Å². The Bertz CT molecular complexity index is 418. The molecule has 1 rings (SSSR count). The van der Waals surface area contributed by atoms with Gasteiger partial charge in [-0.3, -0.25) is 0 Å². The topological polar surface area (TPSA) is 83.1 Å². The van der Waals surface area contributed by atoms with Crippen LogP contribution >= 0.6 is 0 Å². The van der Waals surface area contributed by atoms with Gasteiger partial charge in [-0.05, 0) is 64.3 Å². The van der Waals surface area contributed by atoms with Crippen LogP contribution in [0.1, 0.15) is 18.4 Å². The van der Waals surface area contributed by atoms with E-state index in [1.54, 1.807) is 12.1 Å². The molecule has 0 aliphatic heterocycles. The molecular weight excluding hydrogens is 268 g/mol. The molecule has 0 atom stereocenters. The molecule has 4 N–H and O–H groups in total. The summed E-state index contributed by atoms with van der Waals surface area (Å²) in [5.41, 5.74) is 6.16. The van der Waals surface area contributed by atoms with Crippen LogP contribution in [0.2, 0.25) is 0 Å². The van der Waals surface area contributed by atoms with Crippen molar-refractivity contribution >= 4 is 5.84 Å². The van der Waals surface area contributed by atoms with Gasteiger partial charge in [0.05, 0.1) is 0 Å². The Labute approximate surface area is 126 Å². The summed E-state index contributed by atoms with van der Waals surface area (Å²) in [4.78, 5) is 2.20. The number of nitrogens with one attached hydrogen (secondary N) is 1. The molecule has 0 aromatic heterocycles. The van der Waals surface area contributed by atoms with Gasteiger partial charge in [-0.2, -0.15) is 0 Å². The SMILES string of the molecule is CN(C)CCCCNCCOc1ccc(C(N)=NO)cc1. The number of oxime groups is 1. The number of ether oxygens (including phenoxy) is 1. The van der Waals surface area contributed by atoms with Crippen molar-refractivity contribution in [1.82, 2.24) is 10.2 Å². The van der Waals surface area contributed by atoms with Crippen LogP contribution < -0.4 is 15.8 Å². The van der Waals surface area contributed by atoms with Gasteiger partial charge >= 0.3 is 0 Å². The molecule has 0 unspecified atom stereocenters. The number of hydrogen-bond acceptors (Lipinski definition) is 5. The second-order valence-electron chi connectivity index (χ2n) is 5.12. The van der Waals surface area contributed by atoms with Crippen molar-refractivity contribution in [3.05, 3.63) is 29.8 Å². The highest BCUT2D eigenvalue weighted by Crippen LogP contribution is 2.11. The molecule has 0 aliphatic rings. The third-order valence-electron chi connectivity index (χ3n) is 3.01. The molecule has 0 spiro atoms. The van der Waals surface area contributed by atoms with E-state index in [1.807, 2.05) is 12.1 Å². The number of unbranched alkanes of at least 4 members (excludes halogenated alkanes) is 1. The summed E-state index contributed by atoms with van der Waals surface area (Å²) in [5, 5.41) is 14.9. The quantitative estimate of drug-likeness (QED) is 0.198. The van der Waals surface area contributed by atoms with Crippen LogP contribution in [0.5, 0.6) is 5.75 Å². The van der Waals surface area contributed by atoms with E-state index in [1.165, 1.54) is 12.8 Å². The third-order valence-corrected chi connectivity index (χ3v) is 3.01. The molecule has 0 radical (unpaired) electrons. The van der Waals surface area contributed by atoms with Gasteiger partial charge in [-0.1, -0.05) is 5.16 Å². The molecule has 6 heteroatoms. The minimum absolute atomic E-state index is 0.0981. The monoisotopic (exact) mass is 294 g/mol. The summed E-state index contributed by atoms with van der Waals surface area (Å²) in [5.74, 6) is 0.875. The Hall–Kier alpha value is -1.79. The molecule has 6 nitrogen and oxygen atoms in total. The van der Waals surface area contributed by atoms with Crippen molar-refractivity contribution in [3.8, 4) is 5.75 Å². The van der Waals surface area contributed by atoms with Crippen LogP contribution in [0.25, 0.3) is 0 Å². The molecule has 0 amide bonds. The largest absolute Gasteiger partial charge is 0.492 e. The number of benzene rings is 1. The lowest BCUT2D eigenvalue weighted by molar-refractivity contribution is 0.312. The molecule has 0 heterocycles. The van der Waals surface area contributed by atoms with Crippen molar-refractivity contribution in [1.29, 1.82) is 0 Å². The van der Waals surface area contributed by atoms with Crippen LogP contribution in [0.15, 0.2) is 29.4 Å². The van der Waals surface area contributed by atoms with E-state index in [0.29, 0.717) is 12.2 Å². The highest BCUT2D eigenvalue weighted by Gasteiger charge is 1.99. The molecule has 1 aromatic carbocycles. The van der Waals surface area contributed by atoms with Crippen LogP contribution in [0.4, 0.5) is 0 Å². The first-order valence-corrected chi connectivity index (χ1v) is 7.19. The van der Waals surface area contributed by atoms with E-state index in [4.69, 9.17) is 15.7 Å². The second-order valence-corrected chi connectivity index (χ2v) is 5.12. The summed E-state index contributed by atoms with van der Waals surface area (Å²) in [6.07, 6.45) is 2.38. The van der Waals surface area contributed by atoms with Gasteiger partial charge in [-0.25, -0.2) is 0 Å². The van der Waals surface area contributed by atoms with Crippen LogP contribution in [-0.4, -0.2) is 56.3 Å². The molecule has 0 bridgehead atoms. The predicted octanol–water partition coefficient (Wildman–Crippen LogP) is 1.09. The van der Waals surface area contributed by atoms with E-state index in [2.05, 4.69) is 29.5 Å². The first-order chi connectivity index (χ1) is 10.1. The highest BCUT2D eigenvalue weighted by molar-refractivity contribution is 5.97. The summed E-state index contributed by atoms with van der Waals surface area (Å²) < 4.78 is 5.61. The smallest absolute Gasteiger partial charge is 0.170 e. The fraction of sp³-hybridized carbons (Fsp3) is 0.533. The molecule has 21 heavy (non-hydrogen) atoms. The summed E-state index contributed by atoms with van der Waals surface area (Å²) in [6.45, 7) is 3.59. The maximum atomic E-state index is 8.57. The maximum Gasteiger partial charge on any atom is 0.170 e. The van der Waals surface area contributed by atoms with Crippen molar-refractivity contribution in [2.75, 3.05) is 40.3 Å². The fourth-order valence-electron chi connectivity index (χ4n) is 1.82. The van der Waals surface area contributed by atoms with E-state index in [-0.39, 0.29) is 5.84 Å². The average Bonchev–Trinajstić information content (AvgIpc) is 2.49. The number of hydrogen-bond donors (Lipinski definition) is 3. The number of nitrogens with zero attached hydrogens (tertiary/aromatic N) is 2. The maximum absolute atomic E-state index is 8.57. The van der Waals surface area contributed by atoms with Crippen molar-refractivity contribution in [2.24, 2.45) is 10.9 Å². The van der Waals surface area contributed by atoms with Gasteiger partial charge in [0.2, 0.25) is 0 Å². The van der Waals surface area contributed by atoms with E-state index < -0.39 is 0 Å². The number of amidine groups is 1. The summed E-state index contributed by atoms with van der Waals surface area (Å²) >= 11 is 0. The zero-order valence-electron chi connectivity index (χ0n) is 12.9. The Morgan fingerprint density at radius 1 is 1.24 bits per heavy atom. The first kappa shape index (κ1) is 17.3. The minimum Gasteiger partial charge on any atom is -0.492 e. The average molecular weight is 294 g/mol. The Balaban J connectivity index is 2.10. The molecule has 118 valence electrons. The normalized spacial score (nSPS) is 11.9. The van der Waals surface area contributed by atoms with E-state index >= 15 is 0 Å². The molecule has 0 saturated carbocycles. The van der Waals surface area contributed by atoms with Crippen LogP contribution in [0, 0.1) is 0 Å². The zero-order valence-corrected chi connectivity index (χ0v) is 12.9. The standard InChI is InChI=1S/C15H26N4O2/c1-19(2)11-4-3-9-17-10-12-21-14-7-5-13(6-8-14)15(16)18-20/h5-8,17,20H,3-4,9-12H2,1-2H3,(H2,16,18). The lowest BCUT2D eigenvalue weighted by Crippen LogP contribution is -2.23. The molecule has 0 fully saturated rings. The zero-order chi connectivity index (χ0) is 15.5. The van der Waals surface area contributed by atoms with Gasteiger partial charge in [0.15, 0.2) is 5.84 Å². The molecule has 1 aromatic rings. The molecule has 0 aliphatic carbocycles. The second kappa shape index (κ2) is 10.0. The Kier molecular flexibility index (Phi) is 8.23. The van der Waals surface area contributed by atoms with Gasteiger partial charge in [0.1, 0.15) is 12.4 Å². The van der Waals surface area contributed by atoms with Gasteiger partial charge in [0.25, 0.3) is 0 Å². The lowest BCUT2D eigenvalue weighted by atomic mass is 10.2. The summed E-state index contributed by atoms with van der Waals surface area (Å²) in [7, 11) is 4.18. The highest BCUT2D eigenvalue weighted by atomic mass is 16.5. The van der Waals surface area contributed by atoms with Crippen molar-refractivity contribution < 1.29 is 9.94 Å². The minimum atomic E-state index is 0.0981. The van der Waals surface area contributed by atoms with Crippen molar-refractivity contribution in [3.63, 3.8) is 0 Å². The van der Waals surface area contributed by atoms with Crippen LogP contribution in [-0.2, 0) is 0 Å². The van der Waals surface area contributed by atoms with Gasteiger partial charge in [0, 0.05) is 12.1 Å². The van der Waals surface area contributed by atoms with Gasteiger partial charge in [-0.15, -0.1) is 0 Å². The molecule has 0 saturated heterocycles. The Morgan fingerprint density at radius 2 is 1.95 bits per heavy atom. The lowest BCUT2D eigenvalue weighted by Gasteiger charge is -2.10. The van der Waals surface area contributed by atoms with Crippen LogP contribution in [0.3, 0.4) is 0 Å². The summed E-state index contributed by atoms with van der Waals surface area (Å²) in [6, 6.07) is 7.15. The first-order valence-electron chi connectivity index (χ1n) is 7.19. The fourth-order valence-corrected chi connectivity index (χ4v) is 1.82. The number of nitrogens with two attached hydrogens (primary N) is 1. The Morgan fingerprint density at radius 3 is 2.57 bits per heavy atom. The van der Waals surface area contributed by atoms with Crippen molar-refractivity contribution in [2.45, 2.75) is 12.8 Å². The van der Waals surface area contributed by atoms with Gasteiger partial charge < -0.3 is 25.9 Å². The molecular formula is C15H26N4O2. The number of rotatable bonds is 10. The third kappa shape index (κ3) is 7.53. The van der Waals surface area contributed by atoms with E-state index in [9.17, 15) is 0 Å². The predicted molar refractivity (Wildman–Crippen MR) is 85.1 cm³/mol.